The van der Waals surface area contributed by atoms with Crippen molar-refractivity contribution in [3.05, 3.63) is 12.4 Å². The number of nitrogens with one attached hydrogen (secondary N) is 1. The van der Waals surface area contributed by atoms with Crippen molar-refractivity contribution in [2.75, 3.05) is 0 Å². The third kappa shape index (κ3) is 4.80. The zero-order valence-corrected chi connectivity index (χ0v) is 16.3. The Kier molecular flexibility index (Phi) is 8.12. The number of aromatic amines is 1. The Labute approximate surface area is 123 Å². The van der Waals surface area contributed by atoms with E-state index in [9.17, 15) is 0 Å². The molecule has 0 atom stereocenters. The fraction of sp³-hybridized carbons (Fsp3) is 0.812. The molecular formula is C16H33N2Sn+. The van der Waals surface area contributed by atoms with Gasteiger partial charge in [-0.2, -0.15) is 0 Å². The van der Waals surface area contributed by atoms with E-state index in [1.54, 1.807) is 17.2 Å². The molecule has 0 aliphatic heterocycles. The number of aryl methyl sites for hydroxylation is 1. The first-order valence-corrected chi connectivity index (χ1v) is 15.7. The summed E-state index contributed by atoms with van der Waals surface area (Å²) in [4.78, 5) is 3.63. The Morgan fingerprint density at radius 2 is 1.42 bits per heavy atom. The summed E-state index contributed by atoms with van der Waals surface area (Å²) in [7, 11) is 2.24. The van der Waals surface area contributed by atoms with E-state index in [2.05, 4.69) is 49.8 Å². The van der Waals surface area contributed by atoms with E-state index in [1.165, 1.54) is 38.5 Å². The maximum atomic E-state index is 3.63. The van der Waals surface area contributed by atoms with Crippen molar-refractivity contribution in [3.63, 3.8) is 0 Å². The van der Waals surface area contributed by atoms with E-state index in [0.29, 0.717) is 0 Å². The van der Waals surface area contributed by atoms with Crippen LogP contribution in [0.1, 0.15) is 59.3 Å². The Morgan fingerprint density at radius 1 is 0.947 bits per heavy atom. The zero-order valence-electron chi connectivity index (χ0n) is 13.5. The summed E-state index contributed by atoms with van der Waals surface area (Å²) in [5.74, 6) is 0. The van der Waals surface area contributed by atoms with Crippen molar-refractivity contribution in [2.45, 2.75) is 72.6 Å². The molecule has 110 valence electrons. The van der Waals surface area contributed by atoms with Gasteiger partial charge in [-0.1, -0.05) is 0 Å². The topological polar surface area (TPSA) is 19.7 Å². The monoisotopic (exact) mass is 373 g/mol. The Balaban J connectivity index is 2.97. The van der Waals surface area contributed by atoms with Crippen molar-refractivity contribution < 1.29 is 4.57 Å². The second-order valence-electron chi connectivity index (χ2n) is 6.01. The van der Waals surface area contributed by atoms with Gasteiger partial charge < -0.3 is 0 Å². The number of unbranched alkanes of at least 4 members (excludes halogenated alkanes) is 3. The quantitative estimate of drug-likeness (QED) is 0.475. The maximum absolute atomic E-state index is 3.63. The van der Waals surface area contributed by atoms with Crippen LogP contribution in [0.4, 0.5) is 0 Å². The molecule has 0 aromatic carbocycles. The molecule has 1 rings (SSSR count). The molecule has 0 saturated carbocycles. The van der Waals surface area contributed by atoms with Crippen molar-refractivity contribution in [1.29, 1.82) is 0 Å². The van der Waals surface area contributed by atoms with E-state index in [1.807, 2.05) is 0 Å². The summed E-state index contributed by atoms with van der Waals surface area (Å²) in [6.07, 6.45) is 12.7. The molecule has 0 aliphatic carbocycles. The van der Waals surface area contributed by atoms with Gasteiger partial charge in [0.2, 0.25) is 0 Å². The average molecular weight is 372 g/mol. The molecule has 1 N–H and O–H groups in total. The molecular weight excluding hydrogens is 339 g/mol. The Morgan fingerprint density at radius 3 is 1.74 bits per heavy atom. The van der Waals surface area contributed by atoms with Crippen LogP contribution < -0.4 is 8.41 Å². The molecule has 3 heteroatoms. The van der Waals surface area contributed by atoms with Gasteiger partial charge in [-0.25, -0.2) is 0 Å². The third-order valence-corrected chi connectivity index (χ3v) is 19.9. The normalized spacial score (nSPS) is 12.0. The summed E-state index contributed by atoms with van der Waals surface area (Å²) >= 11 is -2.19. The molecule has 0 fully saturated rings. The number of aromatic nitrogens is 2. The number of hydrogen-bond acceptors (Lipinski definition) is 0. The molecule has 2 nitrogen and oxygen atoms in total. The summed E-state index contributed by atoms with van der Waals surface area (Å²) in [6.45, 7) is 7.01. The summed E-state index contributed by atoms with van der Waals surface area (Å²) in [6, 6.07) is 0. The van der Waals surface area contributed by atoms with E-state index >= 15 is 0 Å². The van der Waals surface area contributed by atoms with Gasteiger partial charge in [0.1, 0.15) is 0 Å². The summed E-state index contributed by atoms with van der Waals surface area (Å²) in [5.41, 5.74) is 0. The third-order valence-electron chi connectivity index (χ3n) is 4.40. The number of imidazole rings is 1. The Bertz CT molecular complexity index is 324. The van der Waals surface area contributed by atoms with Crippen molar-refractivity contribution in [3.8, 4) is 0 Å². The van der Waals surface area contributed by atoms with E-state index < -0.39 is 18.4 Å². The molecule has 1 heterocycles. The first-order chi connectivity index (χ1) is 9.20. The van der Waals surface area contributed by atoms with Gasteiger partial charge in [-0.15, -0.1) is 0 Å². The minimum atomic E-state index is -2.19. The van der Waals surface area contributed by atoms with Gasteiger partial charge >= 0.3 is 124 Å². The standard InChI is InChI=1S/C4H6N2.3C4H9.Sn/c1-6-3-2-5-4-6;3*1-3-4-2;/h2-3,5H,1H3;3*1,3-4H2,2H3;/q+1;;;;. The van der Waals surface area contributed by atoms with Crippen LogP contribution in [0, 0.1) is 0 Å². The van der Waals surface area contributed by atoms with Gasteiger partial charge in [-0.05, 0) is 0 Å². The fourth-order valence-electron chi connectivity index (χ4n) is 3.21. The molecule has 19 heavy (non-hydrogen) atoms. The number of nitrogens with zero attached hydrogens (tertiary/aromatic N) is 1. The minimum absolute atomic E-state index is 1.35. The van der Waals surface area contributed by atoms with E-state index in [-0.39, 0.29) is 0 Å². The molecule has 1 aromatic heterocycles. The van der Waals surface area contributed by atoms with Gasteiger partial charge in [0, 0.05) is 0 Å². The Hall–Kier alpha value is 0.00870. The van der Waals surface area contributed by atoms with Crippen molar-refractivity contribution >= 4 is 22.2 Å². The second-order valence-corrected chi connectivity index (χ2v) is 19.0. The molecule has 0 radical (unpaired) electrons. The molecule has 0 unspecified atom stereocenters. The summed E-state index contributed by atoms with van der Waals surface area (Å²) in [5, 5.41) is 0. The van der Waals surface area contributed by atoms with Crippen LogP contribution in [-0.2, 0) is 7.05 Å². The van der Waals surface area contributed by atoms with Gasteiger partial charge in [-0.3, -0.25) is 0 Å². The van der Waals surface area contributed by atoms with Crippen molar-refractivity contribution in [1.82, 2.24) is 4.98 Å². The number of rotatable bonds is 10. The SMILES string of the molecule is CCC[CH2][Sn]([CH2]CCC)([CH2]CCC)[c]1[nH]cc[n+]1C. The van der Waals surface area contributed by atoms with Crippen molar-refractivity contribution in [2.24, 2.45) is 7.05 Å². The van der Waals surface area contributed by atoms with Crippen LogP contribution in [0.15, 0.2) is 12.4 Å². The van der Waals surface area contributed by atoms with Crippen LogP contribution in [0.3, 0.4) is 0 Å². The summed E-state index contributed by atoms with van der Waals surface area (Å²) < 4.78 is 8.68. The average Bonchev–Trinajstić information content (AvgIpc) is 2.85. The van der Waals surface area contributed by atoms with E-state index in [0.717, 1.165) is 0 Å². The van der Waals surface area contributed by atoms with Gasteiger partial charge in [0.05, 0.1) is 0 Å². The van der Waals surface area contributed by atoms with E-state index in [4.69, 9.17) is 0 Å². The predicted octanol–water partition coefficient (Wildman–Crippen LogP) is 3.90. The van der Waals surface area contributed by atoms with Crippen LogP contribution in [0.25, 0.3) is 0 Å². The molecule has 0 bridgehead atoms. The molecule has 1 aromatic rings. The number of H-pyrrole nitrogens is 1. The van der Waals surface area contributed by atoms with Gasteiger partial charge in [0.15, 0.2) is 0 Å². The molecule has 0 spiro atoms. The molecule has 0 amide bonds. The first kappa shape index (κ1) is 17.1. The predicted molar refractivity (Wildman–Crippen MR) is 86.5 cm³/mol. The van der Waals surface area contributed by atoms with Crippen LogP contribution >= 0.6 is 0 Å². The molecule has 0 aliphatic rings. The van der Waals surface area contributed by atoms with Gasteiger partial charge in [0.25, 0.3) is 0 Å². The molecule has 0 saturated heterocycles. The van der Waals surface area contributed by atoms with Crippen LogP contribution in [0.2, 0.25) is 13.3 Å². The second kappa shape index (κ2) is 9.04. The number of hydrogen-bond donors (Lipinski definition) is 1. The van der Waals surface area contributed by atoms with Crippen LogP contribution in [0.5, 0.6) is 0 Å². The zero-order chi connectivity index (χ0) is 14.1. The first-order valence-electron chi connectivity index (χ1n) is 8.23. The van der Waals surface area contributed by atoms with Crippen LogP contribution in [-0.4, -0.2) is 23.4 Å². The fourth-order valence-corrected chi connectivity index (χ4v) is 19.7.